The van der Waals surface area contributed by atoms with E-state index in [1.165, 1.54) is 12.8 Å². The largest absolute Gasteiger partial charge is 0.337 e. The van der Waals surface area contributed by atoms with Gasteiger partial charge >= 0.3 is 0 Å². The number of rotatable bonds is 6. The Morgan fingerprint density at radius 2 is 2.29 bits per heavy atom. The van der Waals surface area contributed by atoms with Gasteiger partial charge in [-0.2, -0.15) is 0 Å². The quantitative estimate of drug-likeness (QED) is 0.845. The first-order valence-corrected chi connectivity index (χ1v) is 8.70. The van der Waals surface area contributed by atoms with E-state index in [9.17, 15) is 4.79 Å². The number of unbranched alkanes of at least 4 members (excludes halogenated alkanes) is 1. The van der Waals surface area contributed by atoms with Crippen LogP contribution in [0, 0.1) is 6.92 Å². The van der Waals surface area contributed by atoms with Crippen molar-refractivity contribution in [3.63, 3.8) is 0 Å². The number of hydrogen-bond donors (Lipinski definition) is 1. The molecular formula is C17H25BrN2O. The van der Waals surface area contributed by atoms with Crippen molar-refractivity contribution in [2.45, 2.75) is 45.6 Å². The normalized spacial score (nSPS) is 18.0. The molecule has 1 aliphatic heterocycles. The molecule has 0 aromatic heterocycles. The number of carbonyl (C=O) groups excluding carboxylic acids is 1. The number of nitrogens with one attached hydrogen (secondary N) is 1. The Morgan fingerprint density at radius 1 is 1.48 bits per heavy atom. The molecule has 2 rings (SSSR count). The van der Waals surface area contributed by atoms with Crippen LogP contribution in [0.4, 0.5) is 0 Å². The van der Waals surface area contributed by atoms with Gasteiger partial charge in [0.05, 0.1) is 0 Å². The number of nitrogens with zero attached hydrogens (tertiary/aromatic N) is 1. The molecule has 4 heteroatoms. The van der Waals surface area contributed by atoms with Crippen LogP contribution < -0.4 is 5.32 Å². The van der Waals surface area contributed by atoms with Gasteiger partial charge in [0.1, 0.15) is 0 Å². The highest BCUT2D eigenvalue weighted by molar-refractivity contribution is 9.10. The number of hydrogen-bond acceptors (Lipinski definition) is 2. The maximum absolute atomic E-state index is 12.9. The molecule has 1 unspecified atom stereocenters. The fourth-order valence-electron chi connectivity index (χ4n) is 2.84. The van der Waals surface area contributed by atoms with Gasteiger partial charge in [0, 0.05) is 29.2 Å². The van der Waals surface area contributed by atoms with E-state index in [-0.39, 0.29) is 5.91 Å². The van der Waals surface area contributed by atoms with Crippen molar-refractivity contribution in [2.75, 3.05) is 19.6 Å². The molecule has 1 saturated heterocycles. The summed E-state index contributed by atoms with van der Waals surface area (Å²) in [5.41, 5.74) is 1.86. The van der Waals surface area contributed by atoms with E-state index in [1.807, 2.05) is 30.0 Å². The molecule has 3 nitrogen and oxygen atoms in total. The van der Waals surface area contributed by atoms with Gasteiger partial charge in [-0.15, -0.1) is 0 Å². The number of benzene rings is 1. The highest BCUT2D eigenvalue weighted by Gasteiger charge is 2.23. The van der Waals surface area contributed by atoms with E-state index in [4.69, 9.17) is 0 Å². The lowest BCUT2D eigenvalue weighted by atomic mass is 10.1. The third-order valence-corrected chi connectivity index (χ3v) is 4.58. The Balaban J connectivity index is 2.11. The molecule has 1 aliphatic rings. The summed E-state index contributed by atoms with van der Waals surface area (Å²) >= 11 is 3.46. The minimum absolute atomic E-state index is 0.169. The number of halogens is 1. The summed E-state index contributed by atoms with van der Waals surface area (Å²) in [6.07, 6.45) is 4.57. The lowest BCUT2D eigenvalue weighted by Gasteiger charge is -2.26. The van der Waals surface area contributed by atoms with Crippen molar-refractivity contribution < 1.29 is 4.79 Å². The van der Waals surface area contributed by atoms with Crippen LogP contribution in [0.5, 0.6) is 0 Å². The Hall–Kier alpha value is -0.870. The van der Waals surface area contributed by atoms with Gasteiger partial charge in [-0.05, 0) is 56.5 Å². The average Bonchev–Trinajstić information content (AvgIpc) is 2.95. The van der Waals surface area contributed by atoms with Gasteiger partial charge in [-0.25, -0.2) is 0 Å². The average molecular weight is 353 g/mol. The molecule has 0 radical (unpaired) electrons. The summed E-state index contributed by atoms with van der Waals surface area (Å²) < 4.78 is 1.02. The minimum atomic E-state index is 0.169. The molecule has 1 fully saturated rings. The van der Waals surface area contributed by atoms with Crippen LogP contribution >= 0.6 is 15.9 Å². The van der Waals surface area contributed by atoms with E-state index in [0.717, 1.165) is 48.1 Å². The first-order chi connectivity index (χ1) is 10.1. The fourth-order valence-corrected chi connectivity index (χ4v) is 3.32. The predicted molar refractivity (Wildman–Crippen MR) is 90.7 cm³/mol. The lowest BCUT2D eigenvalue weighted by molar-refractivity contribution is 0.0738. The van der Waals surface area contributed by atoms with Crippen LogP contribution in [0.3, 0.4) is 0 Å². The first-order valence-electron chi connectivity index (χ1n) is 7.90. The van der Waals surface area contributed by atoms with Crippen molar-refractivity contribution in [3.8, 4) is 0 Å². The molecule has 0 aliphatic carbocycles. The summed E-state index contributed by atoms with van der Waals surface area (Å²) in [4.78, 5) is 14.9. The summed E-state index contributed by atoms with van der Waals surface area (Å²) in [6.45, 7) is 6.93. The van der Waals surface area contributed by atoms with Gasteiger partial charge in [-0.1, -0.05) is 29.3 Å². The standard InChI is InChI=1S/C17H25BrN2O/c1-3-4-10-20(12-15-6-5-9-19-15)17(21)16-8-7-14(18)11-13(16)2/h7-8,11,15,19H,3-6,9-10,12H2,1-2H3. The van der Waals surface area contributed by atoms with Crippen molar-refractivity contribution in [1.82, 2.24) is 10.2 Å². The van der Waals surface area contributed by atoms with Crippen molar-refractivity contribution >= 4 is 21.8 Å². The maximum Gasteiger partial charge on any atom is 0.254 e. The molecule has 0 bridgehead atoms. The van der Waals surface area contributed by atoms with Crippen LogP contribution in [0.15, 0.2) is 22.7 Å². The molecule has 0 spiro atoms. The van der Waals surface area contributed by atoms with E-state index in [1.54, 1.807) is 0 Å². The molecule has 116 valence electrons. The fraction of sp³-hybridized carbons (Fsp3) is 0.588. The highest BCUT2D eigenvalue weighted by Crippen LogP contribution is 2.18. The van der Waals surface area contributed by atoms with Crippen LogP contribution in [0.2, 0.25) is 0 Å². The van der Waals surface area contributed by atoms with Crippen LogP contribution in [-0.4, -0.2) is 36.5 Å². The summed E-state index contributed by atoms with van der Waals surface area (Å²) in [6, 6.07) is 6.36. The lowest BCUT2D eigenvalue weighted by Crippen LogP contribution is -2.41. The SMILES string of the molecule is CCCCN(CC1CCCN1)C(=O)c1ccc(Br)cc1C. The van der Waals surface area contributed by atoms with E-state index >= 15 is 0 Å². The molecule has 1 N–H and O–H groups in total. The molecule has 21 heavy (non-hydrogen) atoms. The van der Waals surface area contributed by atoms with Crippen molar-refractivity contribution in [1.29, 1.82) is 0 Å². The minimum Gasteiger partial charge on any atom is -0.337 e. The molecular weight excluding hydrogens is 328 g/mol. The van der Waals surface area contributed by atoms with Gasteiger partial charge in [0.15, 0.2) is 0 Å². The molecule has 1 amide bonds. The van der Waals surface area contributed by atoms with Gasteiger partial charge in [0.25, 0.3) is 5.91 Å². The zero-order valence-electron chi connectivity index (χ0n) is 13.0. The highest BCUT2D eigenvalue weighted by atomic mass is 79.9. The molecule has 0 saturated carbocycles. The van der Waals surface area contributed by atoms with Gasteiger partial charge < -0.3 is 10.2 Å². The zero-order valence-corrected chi connectivity index (χ0v) is 14.6. The van der Waals surface area contributed by atoms with E-state index < -0.39 is 0 Å². The predicted octanol–water partition coefficient (Wildman–Crippen LogP) is 3.75. The summed E-state index contributed by atoms with van der Waals surface area (Å²) in [5.74, 6) is 0.169. The van der Waals surface area contributed by atoms with Crippen molar-refractivity contribution in [3.05, 3.63) is 33.8 Å². The Labute approximate surface area is 136 Å². The molecule has 1 aromatic rings. The third-order valence-electron chi connectivity index (χ3n) is 4.09. The Bertz CT molecular complexity index is 484. The second-order valence-electron chi connectivity index (χ2n) is 5.86. The monoisotopic (exact) mass is 352 g/mol. The van der Waals surface area contributed by atoms with E-state index in [2.05, 4.69) is 28.2 Å². The molecule has 1 aromatic carbocycles. The Morgan fingerprint density at radius 3 is 2.90 bits per heavy atom. The number of amides is 1. The van der Waals surface area contributed by atoms with Crippen LogP contribution in [-0.2, 0) is 0 Å². The first kappa shape index (κ1) is 16.5. The van der Waals surface area contributed by atoms with Gasteiger partial charge in [-0.3, -0.25) is 4.79 Å². The third kappa shape index (κ3) is 4.55. The number of aryl methyl sites for hydroxylation is 1. The van der Waals surface area contributed by atoms with E-state index in [0.29, 0.717) is 6.04 Å². The van der Waals surface area contributed by atoms with Crippen LogP contribution in [0.25, 0.3) is 0 Å². The summed E-state index contributed by atoms with van der Waals surface area (Å²) in [5, 5.41) is 3.49. The second kappa shape index (κ2) is 7.95. The van der Waals surface area contributed by atoms with Crippen LogP contribution in [0.1, 0.15) is 48.5 Å². The second-order valence-corrected chi connectivity index (χ2v) is 6.77. The number of carbonyl (C=O) groups is 1. The summed E-state index contributed by atoms with van der Waals surface area (Å²) in [7, 11) is 0. The topological polar surface area (TPSA) is 32.3 Å². The van der Waals surface area contributed by atoms with Crippen molar-refractivity contribution in [2.24, 2.45) is 0 Å². The van der Waals surface area contributed by atoms with Gasteiger partial charge in [0.2, 0.25) is 0 Å². The Kier molecular flexibility index (Phi) is 6.24. The smallest absolute Gasteiger partial charge is 0.254 e. The zero-order chi connectivity index (χ0) is 15.2. The molecule has 1 heterocycles. The molecule has 1 atom stereocenters. The maximum atomic E-state index is 12.9.